The van der Waals surface area contributed by atoms with Crippen molar-refractivity contribution >= 4 is 11.8 Å². The van der Waals surface area contributed by atoms with Gasteiger partial charge < -0.3 is 4.74 Å². The van der Waals surface area contributed by atoms with Crippen LogP contribution in [0.25, 0.3) is 0 Å². The van der Waals surface area contributed by atoms with Crippen LogP contribution in [0.1, 0.15) is 6.42 Å². The van der Waals surface area contributed by atoms with Gasteiger partial charge in [-0.05, 0) is 0 Å². The normalized spacial score (nSPS) is 12.8. The lowest BCUT2D eigenvalue weighted by Crippen LogP contribution is -2.43. The topological polar surface area (TPSA) is 43.4 Å². The van der Waals surface area contributed by atoms with Crippen LogP contribution in [0, 0.1) is 5.92 Å². The zero-order valence-electron chi connectivity index (χ0n) is 7.78. The maximum atomic E-state index is 11.9. The lowest BCUT2D eigenvalue weighted by Gasteiger charge is -2.21. The molecule has 0 radical (unpaired) electrons. The number of halogens is 6. The molecule has 0 unspecified atom stereocenters. The molecule has 0 aliphatic rings. The molecule has 0 amide bonds. The molecule has 0 aromatic rings. The van der Waals surface area contributed by atoms with E-state index in [1.807, 2.05) is 0 Å². The van der Waals surface area contributed by atoms with Crippen molar-refractivity contribution in [3.8, 4) is 0 Å². The first-order valence-corrected chi connectivity index (χ1v) is 3.73. The summed E-state index contributed by atoms with van der Waals surface area (Å²) in [4.78, 5) is 21.1. The molecule has 0 aromatic heterocycles. The summed E-state index contributed by atoms with van der Waals surface area (Å²) in [5, 5.41) is 0. The third-order valence-corrected chi connectivity index (χ3v) is 1.52. The first-order valence-electron chi connectivity index (χ1n) is 3.73. The number of carbonyl (C=O) groups is 2. The molecule has 0 saturated heterocycles. The predicted molar refractivity (Wildman–Crippen MR) is 37.2 cm³/mol. The highest BCUT2D eigenvalue weighted by atomic mass is 19.4. The van der Waals surface area contributed by atoms with Crippen LogP contribution in [0.3, 0.4) is 0 Å². The summed E-state index contributed by atoms with van der Waals surface area (Å²) >= 11 is 0. The van der Waals surface area contributed by atoms with Crippen molar-refractivity contribution < 1.29 is 40.7 Å². The Kier molecular flexibility index (Phi) is 4.33. The Morgan fingerprint density at radius 1 is 1.06 bits per heavy atom. The minimum atomic E-state index is -5.77. The van der Waals surface area contributed by atoms with Crippen molar-refractivity contribution in [2.24, 2.45) is 5.92 Å². The van der Waals surface area contributed by atoms with Crippen LogP contribution in [0.15, 0.2) is 0 Å². The fourth-order valence-corrected chi connectivity index (χ4v) is 0.867. The molecule has 0 aliphatic carbocycles. The minimum Gasteiger partial charge on any atom is -0.469 e. The van der Waals surface area contributed by atoms with Crippen LogP contribution in [0.2, 0.25) is 0 Å². The van der Waals surface area contributed by atoms with Crippen LogP contribution < -0.4 is 0 Å². The van der Waals surface area contributed by atoms with Gasteiger partial charge in [0.2, 0.25) is 5.92 Å². The SMILES string of the molecule is COC(=O)CC(=O)C(C(F)(F)F)C(F)(F)F. The van der Waals surface area contributed by atoms with Crippen LogP contribution in [-0.4, -0.2) is 31.2 Å². The lowest BCUT2D eigenvalue weighted by molar-refractivity contribution is -0.273. The molecule has 3 nitrogen and oxygen atoms in total. The monoisotopic (exact) mass is 252 g/mol. The predicted octanol–water partition coefficient (Wildman–Crippen LogP) is 1.86. The zero-order valence-corrected chi connectivity index (χ0v) is 7.78. The average molecular weight is 252 g/mol. The first kappa shape index (κ1) is 14.7. The Hall–Kier alpha value is -1.28. The van der Waals surface area contributed by atoms with E-state index in [0.29, 0.717) is 0 Å². The van der Waals surface area contributed by atoms with Gasteiger partial charge in [0.25, 0.3) is 0 Å². The van der Waals surface area contributed by atoms with Gasteiger partial charge in [-0.15, -0.1) is 0 Å². The Morgan fingerprint density at radius 2 is 1.44 bits per heavy atom. The van der Waals surface area contributed by atoms with Gasteiger partial charge in [-0.3, -0.25) is 9.59 Å². The quantitative estimate of drug-likeness (QED) is 0.437. The Balaban J connectivity index is 4.94. The summed E-state index contributed by atoms with van der Waals surface area (Å²) in [7, 11) is 0.742. The van der Waals surface area contributed by atoms with Crippen molar-refractivity contribution in [1.82, 2.24) is 0 Å². The van der Waals surface area contributed by atoms with E-state index in [1.54, 1.807) is 0 Å². The molecular formula is C7H6F6O3. The molecule has 94 valence electrons. The lowest BCUT2D eigenvalue weighted by atomic mass is 10.0. The van der Waals surface area contributed by atoms with Crippen LogP contribution >= 0.6 is 0 Å². The number of hydrogen-bond acceptors (Lipinski definition) is 3. The Morgan fingerprint density at radius 3 is 1.69 bits per heavy atom. The molecule has 9 heteroatoms. The molecule has 0 aromatic carbocycles. The number of methoxy groups -OCH3 is 1. The standard InChI is InChI=1S/C7H6F6O3/c1-16-4(15)2-3(14)5(6(8,9)10)7(11,12)13/h5H,2H2,1H3. The molecule has 0 fully saturated rings. The van der Waals surface area contributed by atoms with E-state index in [1.165, 1.54) is 0 Å². The Labute approximate surface area is 85.4 Å². The number of alkyl halides is 6. The molecule has 0 bridgehead atoms. The van der Waals surface area contributed by atoms with E-state index in [4.69, 9.17) is 0 Å². The second kappa shape index (κ2) is 4.71. The second-order valence-corrected chi connectivity index (χ2v) is 2.74. The third-order valence-electron chi connectivity index (χ3n) is 1.52. The first-order chi connectivity index (χ1) is 7.00. The summed E-state index contributed by atoms with van der Waals surface area (Å²) in [6.45, 7) is 0. The van der Waals surface area contributed by atoms with E-state index in [-0.39, 0.29) is 0 Å². The highest BCUT2D eigenvalue weighted by Gasteiger charge is 2.60. The van der Waals surface area contributed by atoms with Gasteiger partial charge >= 0.3 is 18.3 Å². The van der Waals surface area contributed by atoms with E-state index < -0.39 is 36.4 Å². The van der Waals surface area contributed by atoms with E-state index in [2.05, 4.69) is 4.74 Å². The van der Waals surface area contributed by atoms with Gasteiger partial charge in [0.1, 0.15) is 6.42 Å². The second-order valence-electron chi connectivity index (χ2n) is 2.74. The summed E-state index contributed by atoms with van der Waals surface area (Å²) in [6.07, 6.45) is -13.1. The van der Waals surface area contributed by atoms with Crippen LogP contribution in [0.5, 0.6) is 0 Å². The minimum absolute atomic E-state index is 0.742. The van der Waals surface area contributed by atoms with Crippen molar-refractivity contribution in [1.29, 1.82) is 0 Å². The number of carbonyl (C=O) groups excluding carboxylic acids is 2. The zero-order chi connectivity index (χ0) is 13.1. The molecule has 0 rings (SSSR count). The van der Waals surface area contributed by atoms with Gasteiger partial charge in [-0.2, -0.15) is 26.3 Å². The van der Waals surface area contributed by atoms with Gasteiger partial charge in [-0.25, -0.2) is 0 Å². The summed E-state index contributed by atoms with van der Waals surface area (Å²) in [6, 6.07) is 0. The fourth-order valence-electron chi connectivity index (χ4n) is 0.867. The van der Waals surface area contributed by atoms with Gasteiger partial charge in [-0.1, -0.05) is 0 Å². The molecule has 0 saturated carbocycles. The summed E-state index contributed by atoms with van der Waals surface area (Å²) in [5.41, 5.74) is 0. The summed E-state index contributed by atoms with van der Waals surface area (Å²) in [5.74, 6) is -7.89. The molecule has 0 spiro atoms. The number of esters is 1. The highest BCUT2D eigenvalue weighted by molar-refractivity contribution is 5.97. The molecular weight excluding hydrogens is 246 g/mol. The number of Topliss-reactive ketones (excluding diaryl/α,β-unsaturated/α-hetero) is 1. The van der Waals surface area contributed by atoms with Crippen molar-refractivity contribution in [2.75, 3.05) is 7.11 Å². The van der Waals surface area contributed by atoms with Gasteiger partial charge in [0, 0.05) is 0 Å². The maximum absolute atomic E-state index is 11.9. The van der Waals surface area contributed by atoms with Gasteiger partial charge in [0.05, 0.1) is 7.11 Å². The number of ketones is 1. The molecule has 0 N–H and O–H groups in total. The molecule has 16 heavy (non-hydrogen) atoms. The number of ether oxygens (including phenoxy) is 1. The smallest absolute Gasteiger partial charge is 0.407 e. The molecule has 0 atom stereocenters. The summed E-state index contributed by atoms with van der Waals surface area (Å²) < 4.78 is 75.4. The average Bonchev–Trinajstić information content (AvgIpc) is 1.97. The van der Waals surface area contributed by atoms with Crippen molar-refractivity contribution in [2.45, 2.75) is 18.8 Å². The highest BCUT2D eigenvalue weighted by Crippen LogP contribution is 2.40. The third kappa shape index (κ3) is 4.07. The largest absolute Gasteiger partial charge is 0.469 e. The number of hydrogen-bond donors (Lipinski definition) is 0. The van der Waals surface area contributed by atoms with Gasteiger partial charge in [0.15, 0.2) is 5.78 Å². The van der Waals surface area contributed by atoms with E-state index in [9.17, 15) is 35.9 Å². The van der Waals surface area contributed by atoms with Crippen molar-refractivity contribution in [3.05, 3.63) is 0 Å². The molecule has 0 aliphatic heterocycles. The maximum Gasteiger partial charge on any atom is 0.407 e. The molecule has 0 heterocycles. The van der Waals surface area contributed by atoms with Crippen molar-refractivity contribution in [3.63, 3.8) is 0 Å². The van der Waals surface area contributed by atoms with E-state index >= 15 is 0 Å². The van der Waals surface area contributed by atoms with Crippen LogP contribution in [0.4, 0.5) is 26.3 Å². The fraction of sp³-hybridized carbons (Fsp3) is 0.714. The number of rotatable bonds is 3. The Bertz CT molecular complexity index is 265. The van der Waals surface area contributed by atoms with Crippen LogP contribution in [-0.2, 0) is 14.3 Å². The van der Waals surface area contributed by atoms with E-state index in [0.717, 1.165) is 7.11 Å².